The van der Waals surface area contributed by atoms with E-state index in [1.165, 1.54) is 0 Å². The summed E-state index contributed by atoms with van der Waals surface area (Å²) in [7, 11) is 3.95. The predicted molar refractivity (Wildman–Crippen MR) is 209 cm³/mol. The summed E-state index contributed by atoms with van der Waals surface area (Å²) >= 11 is 6.91. The first-order valence-electron chi connectivity index (χ1n) is 18.0. The summed E-state index contributed by atoms with van der Waals surface area (Å²) in [5.74, 6) is 0.0729. The summed E-state index contributed by atoms with van der Waals surface area (Å²) in [5, 5.41) is 6.48. The van der Waals surface area contributed by atoms with Crippen LogP contribution >= 0.6 is 11.6 Å². The number of halogens is 1. The first-order valence-corrected chi connectivity index (χ1v) is 21.3. The third-order valence-corrected chi connectivity index (χ3v) is 16.0. The van der Waals surface area contributed by atoms with Gasteiger partial charge in [0, 0.05) is 88.5 Å². The molecule has 5 heterocycles. The maximum absolute atomic E-state index is 13.7. The fourth-order valence-corrected chi connectivity index (χ4v) is 8.69. The van der Waals surface area contributed by atoms with Gasteiger partial charge in [-0.05, 0) is 56.7 Å². The average molecular weight is 746 g/mol. The molecule has 14 heteroatoms. The summed E-state index contributed by atoms with van der Waals surface area (Å²) < 4.78 is 10.4. The van der Waals surface area contributed by atoms with Crippen molar-refractivity contribution < 1.29 is 14.0 Å². The molecule has 12 nitrogen and oxygen atoms in total. The van der Waals surface area contributed by atoms with Gasteiger partial charge in [0.15, 0.2) is 20.0 Å². The van der Waals surface area contributed by atoms with E-state index in [2.05, 4.69) is 71.2 Å². The minimum absolute atomic E-state index is 0.109. The van der Waals surface area contributed by atoms with Crippen molar-refractivity contribution in [3.8, 4) is 11.3 Å². The molecule has 0 saturated carbocycles. The zero-order valence-electron chi connectivity index (χ0n) is 32.1. The van der Waals surface area contributed by atoms with E-state index in [4.69, 9.17) is 21.0 Å². The highest BCUT2D eigenvalue weighted by Gasteiger charge is 2.39. The molecule has 2 aliphatic heterocycles. The quantitative estimate of drug-likeness (QED) is 0.188. The van der Waals surface area contributed by atoms with Crippen molar-refractivity contribution in [1.82, 2.24) is 33.9 Å². The lowest BCUT2D eigenvalue weighted by molar-refractivity contribution is 0.100. The number of anilines is 2. The highest BCUT2D eigenvalue weighted by molar-refractivity contribution is 6.74. The van der Waals surface area contributed by atoms with Gasteiger partial charge in [0.05, 0.1) is 33.9 Å². The van der Waals surface area contributed by atoms with Gasteiger partial charge in [-0.2, -0.15) is 0 Å². The SMILES string of the molecule is Cc1c(NC(=O)c2nc3c(n2C)CCN(CC(C)O[Si](C)(C)C(C)(C)C)C3)cccc1-c1nccc(NC(=O)c2nc3c(n2C)CCN(C)C3)c1Cl. The van der Waals surface area contributed by atoms with Crippen LogP contribution in [0.15, 0.2) is 30.5 Å². The van der Waals surface area contributed by atoms with E-state index in [0.717, 1.165) is 66.4 Å². The zero-order chi connectivity index (χ0) is 37.7. The number of carbonyl (C=O) groups is 2. The number of nitrogens with one attached hydrogen (secondary N) is 2. The van der Waals surface area contributed by atoms with Gasteiger partial charge < -0.3 is 29.1 Å². The molecule has 278 valence electrons. The molecular formula is C38H52ClN9O3Si. The second-order valence-corrected chi connectivity index (χ2v) is 21.0. The Balaban J connectivity index is 1.16. The number of likely N-dealkylation sites (N-methyl/N-ethyl adjacent to an activating group) is 1. The van der Waals surface area contributed by atoms with Crippen molar-refractivity contribution in [2.45, 2.75) is 84.8 Å². The molecule has 2 N–H and O–H groups in total. The number of hydrogen-bond donors (Lipinski definition) is 2. The molecular weight excluding hydrogens is 694 g/mol. The van der Waals surface area contributed by atoms with Crippen LogP contribution in [0.2, 0.25) is 23.2 Å². The number of benzene rings is 1. The van der Waals surface area contributed by atoms with Crippen LogP contribution in [-0.2, 0) is 44.5 Å². The Bertz CT molecular complexity index is 2010. The van der Waals surface area contributed by atoms with Gasteiger partial charge in [-0.15, -0.1) is 0 Å². The smallest absolute Gasteiger partial charge is 0.291 e. The zero-order valence-corrected chi connectivity index (χ0v) is 33.9. The predicted octanol–water partition coefficient (Wildman–Crippen LogP) is 6.44. The van der Waals surface area contributed by atoms with E-state index in [9.17, 15) is 9.59 Å². The molecule has 0 spiro atoms. The van der Waals surface area contributed by atoms with Gasteiger partial charge >= 0.3 is 0 Å². The first kappa shape index (κ1) is 37.9. The fraction of sp³-hybridized carbons (Fsp3) is 0.500. The molecule has 0 fully saturated rings. The number of pyridine rings is 1. The highest BCUT2D eigenvalue weighted by atomic mass is 35.5. The molecule has 52 heavy (non-hydrogen) atoms. The van der Waals surface area contributed by atoms with Crippen LogP contribution < -0.4 is 10.6 Å². The van der Waals surface area contributed by atoms with Crippen LogP contribution in [0.4, 0.5) is 11.4 Å². The van der Waals surface area contributed by atoms with E-state index in [1.54, 1.807) is 12.3 Å². The van der Waals surface area contributed by atoms with Gasteiger partial charge in [0.1, 0.15) is 0 Å². The van der Waals surface area contributed by atoms with Crippen molar-refractivity contribution in [3.05, 3.63) is 75.5 Å². The van der Waals surface area contributed by atoms with E-state index in [-0.39, 0.29) is 23.0 Å². The number of amides is 2. The third kappa shape index (κ3) is 7.47. The largest absolute Gasteiger partial charge is 0.413 e. The summed E-state index contributed by atoms with van der Waals surface area (Å²) in [4.78, 5) is 45.8. The van der Waals surface area contributed by atoms with Gasteiger partial charge in [0.25, 0.3) is 11.8 Å². The van der Waals surface area contributed by atoms with Crippen LogP contribution in [-0.4, -0.2) is 86.8 Å². The molecule has 3 aromatic heterocycles. The minimum Gasteiger partial charge on any atom is -0.413 e. The summed E-state index contributed by atoms with van der Waals surface area (Å²) in [6, 6.07) is 7.28. The average Bonchev–Trinajstić information content (AvgIpc) is 3.57. The van der Waals surface area contributed by atoms with E-state index in [1.807, 2.05) is 55.4 Å². The van der Waals surface area contributed by atoms with Gasteiger partial charge in [0.2, 0.25) is 0 Å². The molecule has 1 atom stereocenters. The summed E-state index contributed by atoms with van der Waals surface area (Å²) in [6.07, 6.45) is 3.37. The Labute approximate surface area is 313 Å². The van der Waals surface area contributed by atoms with Crippen LogP contribution in [0.5, 0.6) is 0 Å². The Morgan fingerprint density at radius 2 is 1.52 bits per heavy atom. The van der Waals surface area contributed by atoms with Crippen LogP contribution in [0.1, 0.15) is 77.3 Å². The molecule has 2 aliphatic rings. The number of fused-ring (bicyclic) bond motifs is 2. The van der Waals surface area contributed by atoms with Crippen LogP contribution in [0.25, 0.3) is 11.3 Å². The van der Waals surface area contributed by atoms with Crippen molar-refractivity contribution in [1.29, 1.82) is 0 Å². The lowest BCUT2D eigenvalue weighted by Gasteiger charge is -2.40. The Hall–Kier alpha value is -3.88. The van der Waals surface area contributed by atoms with E-state index in [0.29, 0.717) is 46.8 Å². The van der Waals surface area contributed by atoms with Crippen molar-refractivity contribution in [2.75, 3.05) is 37.3 Å². The minimum atomic E-state index is -1.87. The highest BCUT2D eigenvalue weighted by Crippen LogP contribution is 2.38. The van der Waals surface area contributed by atoms with Crippen LogP contribution in [0, 0.1) is 6.92 Å². The molecule has 6 rings (SSSR count). The Kier molecular flexibility index (Phi) is 10.6. The Morgan fingerprint density at radius 3 is 2.15 bits per heavy atom. The lowest BCUT2D eigenvalue weighted by atomic mass is 10.0. The molecule has 2 amide bonds. The molecule has 0 bridgehead atoms. The summed E-state index contributed by atoms with van der Waals surface area (Å²) in [6.45, 7) is 19.4. The monoisotopic (exact) mass is 745 g/mol. The lowest BCUT2D eigenvalue weighted by Crippen LogP contribution is -2.46. The maximum atomic E-state index is 13.7. The number of nitrogens with zero attached hydrogens (tertiary/aromatic N) is 7. The van der Waals surface area contributed by atoms with Crippen LogP contribution in [0.3, 0.4) is 0 Å². The van der Waals surface area contributed by atoms with Gasteiger partial charge in [-0.1, -0.05) is 44.5 Å². The standard InChI is InChI=1S/C38H52ClN9O3Si/c1-23(51-52(9,10)38(3,4)5)20-48-19-16-31-29(22-48)42-34(47(31)8)36(49)43-26-13-11-12-25(24(26)2)33-32(39)27(14-17-40-33)44-37(50)35-41-28-21-45(6)18-15-30(28)46(35)7/h11-14,17,23H,15-16,18-22H2,1-10H3,(H,43,49)(H,40,44,50). The van der Waals surface area contributed by atoms with E-state index < -0.39 is 8.32 Å². The summed E-state index contributed by atoms with van der Waals surface area (Å²) in [5.41, 5.74) is 7.07. The number of hydrogen-bond acceptors (Lipinski definition) is 8. The van der Waals surface area contributed by atoms with Gasteiger partial charge in [-0.3, -0.25) is 19.5 Å². The second-order valence-electron chi connectivity index (χ2n) is 15.8. The normalized spacial score (nSPS) is 16.0. The van der Waals surface area contributed by atoms with Crippen molar-refractivity contribution in [3.63, 3.8) is 0 Å². The maximum Gasteiger partial charge on any atom is 0.291 e. The third-order valence-electron chi connectivity index (χ3n) is 11.0. The number of rotatable bonds is 9. The number of aromatic nitrogens is 5. The molecule has 0 radical (unpaired) electrons. The van der Waals surface area contributed by atoms with Crippen molar-refractivity contribution in [2.24, 2.45) is 14.1 Å². The Morgan fingerprint density at radius 1 is 0.923 bits per heavy atom. The molecule has 0 saturated heterocycles. The number of imidazole rings is 2. The van der Waals surface area contributed by atoms with E-state index >= 15 is 0 Å². The molecule has 4 aromatic rings. The topological polar surface area (TPSA) is 122 Å². The number of carbonyl (C=O) groups excluding carboxylic acids is 2. The molecule has 0 aliphatic carbocycles. The van der Waals surface area contributed by atoms with Crippen molar-refractivity contribution >= 4 is 43.1 Å². The second kappa shape index (κ2) is 14.5. The molecule has 1 aromatic carbocycles. The first-order chi connectivity index (χ1) is 24.4. The fourth-order valence-electron chi connectivity index (χ4n) is 7.00. The van der Waals surface area contributed by atoms with Gasteiger partial charge in [-0.25, -0.2) is 9.97 Å². The molecule has 1 unspecified atom stereocenters.